The molecule has 1 atom stereocenters. The summed E-state index contributed by atoms with van der Waals surface area (Å²) in [5.41, 5.74) is -1.84. The van der Waals surface area contributed by atoms with Crippen molar-refractivity contribution in [3.63, 3.8) is 0 Å². The molecule has 1 aliphatic carbocycles. The van der Waals surface area contributed by atoms with Crippen LogP contribution >= 0.6 is 0 Å². The first-order valence-corrected chi connectivity index (χ1v) is 8.53. The summed E-state index contributed by atoms with van der Waals surface area (Å²) in [5, 5.41) is 8.95. The minimum atomic E-state index is -4.64. The van der Waals surface area contributed by atoms with Gasteiger partial charge in [0, 0.05) is 12.2 Å². The lowest BCUT2D eigenvalue weighted by atomic mass is 10.1. The van der Waals surface area contributed by atoms with Gasteiger partial charge in [-0.1, -0.05) is 0 Å². The molecule has 0 heterocycles. The van der Waals surface area contributed by atoms with E-state index >= 15 is 0 Å². The molecule has 0 saturated heterocycles. The Hall–Kier alpha value is -2.23. The van der Waals surface area contributed by atoms with Gasteiger partial charge < -0.3 is 9.64 Å². The van der Waals surface area contributed by atoms with Crippen molar-refractivity contribution in [2.24, 2.45) is 5.92 Å². The van der Waals surface area contributed by atoms with Gasteiger partial charge in [0.15, 0.2) is 0 Å². The SMILES string of the molecule is C[C@@H](C(=O)OC(C)(C)C)N(CC1CC1)c1ccc(C#N)c(C(F)(F)F)c1. The van der Waals surface area contributed by atoms with Gasteiger partial charge >= 0.3 is 12.1 Å². The van der Waals surface area contributed by atoms with Crippen molar-refractivity contribution in [1.82, 2.24) is 0 Å². The highest BCUT2D eigenvalue weighted by atomic mass is 19.4. The zero-order valence-corrected chi connectivity index (χ0v) is 15.4. The number of ether oxygens (including phenoxy) is 1. The third-order valence-electron chi connectivity index (χ3n) is 4.13. The Kier molecular flexibility index (Phi) is 5.55. The van der Waals surface area contributed by atoms with Crippen LogP contribution in [0.1, 0.15) is 51.7 Å². The zero-order valence-electron chi connectivity index (χ0n) is 15.4. The molecule has 0 bridgehead atoms. The van der Waals surface area contributed by atoms with Gasteiger partial charge in [-0.15, -0.1) is 0 Å². The molecule has 0 spiro atoms. The highest BCUT2D eigenvalue weighted by Gasteiger charge is 2.36. The van der Waals surface area contributed by atoms with E-state index in [0.717, 1.165) is 25.0 Å². The van der Waals surface area contributed by atoms with Crippen LogP contribution in [-0.2, 0) is 15.7 Å². The first-order valence-electron chi connectivity index (χ1n) is 8.53. The van der Waals surface area contributed by atoms with E-state index in [0.29, 0.717) is 12.5 Å². The second kappa shape index (κ2) is 7.18. The molecule has 0 aliphatic heterocycles. The normalized spacial score (nSPS) is 15.9. The molecule has 142 valence electrons. The predicted octanol–water partition coefficient (Wildman–Crippen LogP) is 4.52. The minimum absolute atomic E-state index is 0.265. The summed E-state index contributed by atoms with van der Waals surface area (Å²) in [6.07, 6.45) is -2.67. The molecule has 1 aromatic carbocycles. The van der Waals surface area contributed by atoms with Crippen LogP contribution in [0.3, 0.4) is 0 Å². The van der Waals surface area contributed by atoms with Crippen LogP contribution in [0, 0.1) is 17.2 Å². The van der Waals surface area contributed by atoms with Crippen LogP contribution in [-0.4, -0.2) is 24.2 Å². The average molecular weight is 368 g/mol. The van der Waals surface area contributed by atoms with Gasteiger partial charge in [0.1, 0.15) is 11.6 Å². The van der Waals surface area contributed by atoms with E-state index < -0.39 is 34.9 Å². The van der Waals surface area contributed by atoms with E-state index in [-0.39, 0.29) is 5.69 Å². The fraction of sp³-hybridized carbons (Fsp3) is 0.579. The standard InChI is InChI=1S/C19H23F3N2O2/c1-12(17(25)26-18(2,3)4)24(11-13-5-6-13)15-8-7-14(10-23)16(9-15)19(20,21)22/h7-9,12-13H,5-6,11H2,1-4H3/t12-/m0/s1. The summed E-state index contributed by atoms with van der Waals surface area (Å²) < 4.78 is 45.2. The van der Waals surface area contributed by atoms with Gasteiger partial charge in [-0.25, -0.2) is 4.79 Å². The molecule has 1 saturated carbocycles. The Morgan fingerprint density at radius 1 is 1.35 bits per heavy atom. The van der Waals surface area contributed by atoms with E-state index in [1.165, 1.54) is 6.07 Å². The molecule has 2 rings (SSSR count). The summed E-state index contributed by atoms with van der Waals surface area (Å²) >= 11 is 0. The van der Waals surface area contributed by atoms with E-state index in [1.54, 1.807) is 38.7 Å². The fourth-order valence-electron chi connectivity index (χ4n) is 2.62. The molecule has 0 radical (unpaired) electrons. The second-order valence-electron chi connectivity index (χ2n) is 7.64. The molecule has 0 N–H and O–H groups in total. The quantitative estimate of drug-likeness (QED) is 0.717. The monoisotopic (exact) mass is 368 g/mol. The lowest BCUT2D eigenvalue weighted by Crippen LogP contribution is -2.44. The van der Waals surface area contributed by atoms with Crippen LogP contribution in [0.2, 0.25) is 0 Å². The largest absolute Gasteiger partial charge is 0.458 e. The average Bonchev–Trinajstić information content (AvgIpc) is 3.33. The van der Waals surface area contributed by atoms with Crippen molar-refractivity contribution in [1.29, 1.82) is 5.26 Å². The van der Waals surface area contributed by atoms with E-state index in [9.17, 15) is 18.0 Å². The number of anilines is 1. The molecule has 1 fully saturated rings. The fourth-order valence-corrected chi connectivity index (χ4v) is 2.62. The molecule has 1 aromatic rings. The zero-order chi connectivity index (χ0) is 19.7. The smallest absolute Gasteiger partial charge is 0.417 e. The number of carbonyl (C=O) groups is 1. The maximum Gasteiger partial charge on any atom is 0.417 e. The molecular formula is C19H23F3N2O2. The van der Waals surface area contributed by atoms with Crippen LogP contribution in [0.25, 0.3) is 0 Å². The van der Waals surface area contributed by atoms with Crippen molar-refractivity contribution in [3.8, 4) is 6.07 Å². The molecule has 0 aromatic heterocycles. The van der Waals surface area contributed by atoms with Crippen molar-refractivity contribution in [3.05, 3.63) is 29.3 Å². The maximum atomic E-state index is 13.3. The van der Waals surface area contributed by atoms with Crippen LogP contribution in [0.5, 0.6) is 0 Å². The number of benzene rings is 1. The maximum absolute atomic E-state index is 13.3. The molecule has 26 heavy (non-hydrogen) atoms. The molecular weight excluding hydrogens is 345 g/mol. The topological polar surface area (TPSA) is 53.3 Å². The Bertz CT molecular complexity index is 713. The van der Waals surface area contributed by atoms with Crippen LogP contribution in [0.4, 0.5) is 18.9 Å². The van der Waals surface area contributed by atoms with Crippen molar-refractivity contribution in [2.45, 2.75) is 58.4 Å². The van der Waals surface area contributed by atoms with Crippen molar-refractivity contribution in [2.75, 3.05) is 11.4 Å². The van der Waals surface area contributed by atoms with E-state index in [1.807, 2.05) is 0 Å². The number of carbonyl (C=O) groups excluding carboxylic acids is 1. The van der Waals surface area contributed by atoms with Gasteiger partial charge in [0.05, 0.1) is 17.2 Å². The highest BCUT2D eigenvalue weighted by Crippen LogP contribution is 2.37. The predicted molar refractivity (Wildman–Crippen MR) is 91.5 cm³/mol. The van der Waals surface area contributed by atoms with E-state index in [4.69, 9.17) is 10.00 Å². The van der Waals surface area contributed by atoms with Gasteiger partial charge in [-0.2, -0.15) is 18.4 Å². The summed E-state index contributed by atoms with van der Waals surface area (Å²) in [6, 6.07) is 4.40. The Morgan fingerprint density at radius 2 is 1.96 bits per heavy atom. The molecule has 0 amide bonds. The Labute approximate surface area is 151 Å². The van der Waals surface area contributed by atoms with Gasteiger partial charge in [-0.3, -0.25) is 0 Å². The second-order valence-corrected chi connectivity index (χ2v) is 7.64. The van der Waals surface area contributed by atoms with Crippen molar-refractivity contribution < 1.29 is 22.7 Å². The lowest BCUT2D eigenvalue weighted by molar-refractivity contribution is -0.156. The van der Waals surface area contributed by atoms with Crippen molar-refractivity contribution >= 4 is 11.7 Å². The first kappa shape index (κ1) is 20.1. The molecule has 0 unspecified atom stereocenters. The number of rotatable bonds is 5. The van der Waals surface area contributed by atoms with Crippen LogP contribution < -0.4 is 4.90 Å². The third kappa shape index (κ3) is 5.13. The number of alkyl halides is 3. The Balaban J connectivity index is 2.38. The third-order valence-corrected chi connectivity index (χ3v) is 4.13. The number of hydrogen-bond donors (Lipinski definition) is 0. The summed E-state index contributed by atoms with van der Waals surface area (Å²) in [6.45, 7) is 7.33. The summed E-state index contributed by atoms with van der Waals surface area (Å²) in [4.78, 5) is 14.1. The number of nitrogens with zero attached hydrogens (tertiary/aromatic N) is 2. The Morgan fingerprint density at radius 3 is 2.42 bits per heavy atom. The number of halogens is 3. The summed E-state index contributed by atoms with van der Waals surface area (Å²) in [5.74, 6) is -0.138. The molecule has 7 heteroatoms. The van der Waals surface area contributed by atoms with Gasteiger partial charge in [-0.05, 0) is 64.7 Å². The molecule has 4 nitrogen and oxygen atoms in total. The first-order chi connectivity index (χ1) is 11.9. The number of nitriles is 1. The minimum Gasteiger partial charge on any atom is -0.458 e. The molecule has 1 aliphatic rings. The van der Waals surface area contributed by atoms with E-state index in [2.05, 4.69) is 0 Å². The number of esters is 1. The van der Waals surface area contributed by atoms with Gasteiger partial charge in [0.2, 0.25) is 0 Å². The lowest BCUT2D eigenvalue weighted by Gasteiger charge is -2.32. The number of hydrogen-bond acceptors (Lipinski definition) is 4. The highest BCUT2D eigenvalue weighted by molar-refractivity contribution is 5.80. The summed E-state index contributed by atoms with van der Waals surface area (Å²) in [7, 11) is 0. The van der Waals surface area contributed by atoms with Crippen LogP contribution in [0.15, 0.2) is 18.2 Å². The van der Waals surface area contributed by atoms with Gasteiger partial charge in [0.25, 0.3) is 0 Å².